The summed E-state index contributed by atoms with van der Waals surface area (Å²) in [5, 5.41) is 0.783. The van der Waals surface area contributed by atoms with Crippen molar-refractivity contribution in [2.45, 2.75) is 51.5 Å². The van der Waals surface area contributed by atoms with Gasteiger partial charge in [0.05, 0.1) is 14.2 Å². The molecule has 0 bridgehead atoms. The van der Waals surface area contributed by atoms with Crippen LogP contribution in [0.5, 0.6) is 0 Å². The van der Waals surface area contributed by atoms with E-state index in [0.717, 1.165) is 24.3 Å². The molecule has 2 saturated heterocycles. The van der Waals surface area contributed by atoms with Crippen molar-refractivity contribution in [1.29, 1.82) is 0 Å². The smallest absolute Gasteiger partial charge is 0.323 e. The van der Waals surface area contributed by atoms with Gasteiger partial charge in [-0.05, 0) is 45.3 Å². The number of nitrogens with zero attached hydrogens (tertiary/aromatic N) is 1. The number of hydrogen-bond acceptors (Lipinski definition) is 6. The van der Waals surface area contributed by atoms with Gasteiger partial charge in [-0.15, -0.1) is 12.4 Å². The number of carbonyl (C=O) groups is 2. The highest BCUT2D eigenvalue weighted by molar-refractivity contribution is 9.09. The van der Waals surface area contributed by atoms with E-state index in [1.165, 1.54) is 14.2 Å². The van der Waals surface area contributed by atoms with Crippen molar-refractivity contribution < 1.29 is 32.8 Å². The molecule has 2 heterocycles. The average Bonchev–Trinajstić information content (AvgIpc) is 3.37. The highest BCUT2D eigenvalue weighted by atomic mass is 79.9. The zero-order valence-electron chi connectivity index (χ0n) is 23.8. The molecule has 0 amide bonds. The molecule has 2 aliphatic rings. The Kier molecular flexibility index (Phi) is 8.12. The number of rotatable bonds is 3. The molecule has 2 fully saturated rings. The summed E-state index contributed by atoms with van der Waals surface area (Å²) in [5.74, 6) is -0.710. The van der Waals surface area contributed by atoms with Crippen LogP contribution < -0.4 is 5.32 Å². The molecule has 144 valence electrons. The monoisotopic (exact) mass is 440 g/mol. The molecule has 6 nitrogen and oxygen atoms in total. The van der Waals surface area contributed by atoms with E-state index in [9.17, 15) is 9.59 Å². The second-order valence-corrected chi connectivity index (χ2v) is 5.15. The summed E-state index contributed by atoms with van der Waals surface area (Å²) < 4.78 is 78.4. The zero-order valence-corrected chi connectivity index (χ0v) is 16.2. The van der Waals surface area contributed by atoms with Crippen LogP contribution in [0.4, 0.5) is 0 Å². The lowest BCUT2D eigenvalue weighted by molar-refractivity contribution is -0.145. The van der Waals surface area contributed by atoms with Crippen molar-refractivity contribution in [2.75, 3.05) is 39.1 Å². The van der Waals surface area contributed by atoms with Crippen LogP contribution in [0.1, 0.15) is 53.1 Å². The van der Waals surface area contributed by atoms with E-state index in [-0.39, 0.29) is 31.0 Å². The van der Waals surface area contributed by atoms with Crippen LogP contribution in [-0.2, 0) is 19.1 Å². The van der Waals surface area contributed by atoms with Crippen LogP contribution >= 0.6 is 28.3 Å². The van der Waals surface area contributed by atoms with Gasteiger partial charge < -0.3 is 14.8 Å². The highest BCUT2D eigenvalue weighted by Crippen LogP contribution is 2.17. The normalized spacial score (nSPS) is 30.6. The van der Waals surface area contributed by atoms with Crippen molar-refractivity contribution in [3.8, 4) is 0 Å². The summed E-state index contributed by atoms with van der Waals surface area (Å²) in [6, 6.07) is -0.824. The maximum atomic E-state index is 11.4. The van der Waals surface area contributed by atoms with E-state index in [1.807, 2.05) is 0 Å². The maximum absolute atomic E-state index is 11.4. The van der Waals surface area contributed by atoms with Crippen LogP contribution in [0.3, 0.4) is 0 Å². The van der Waals surface area contributed by atoms with E-state index in [1.54, 1.807) is 0 Å². The Bertz CT molecular complexity index is 629. The Balaban J connectivity index is 0. The molecule has 2 aliphatic heterocycles. The molecule has 0 aliphatic carbocycles. The Hall–Kier alpha value is -0.370. The summed E-state index contributed by atoms with van der Waals surface area (Å²) in [6.45, 7) is -6.64. The molecule has 0 aromatic heterocycles. The molecule has 0 spiro atoms. The molecular formula is C16H32BrClN2O4. The summed E-state index contributed by atoms with van der Waals surface area (Å²) in [7, 11) is 2.63. The first-order valence-electron chi connectivity index (χ1n) is 12.2. The van der Waals surface area contributed by atoms with Gasteiger partial charge in [0.2, 0.25) is 0 Å². The minimum absolute atomic E-state index is 0. The van der Waals surface area contributed by atoms with Gasteiger partial charge in [-0.25, -0.2) is 0 Å². The van der Waals surface area contributed by atoms with E-state index in [0.29, 0.717) is 12.8 Å². The first-order chi connectivity index (χ1) is 14.8. The zero-order chi connectivity index (χ0) is 26.3. The van der Waals surface area contributed by atoms with Gasteiger partial charge in [-0.3, -0.25) is 14.5 Å². The third kappa shape index (κ3) is 9.81. The second kappa shape index (κ2) is 16.1. The Labute approximate surface area is 174 Å². The highest BCUT2D eigenvalue weighted by Gasteiger charge is 2.29. The van der Waals surface area contributed by atoms with Crippen molar-refractivity contribution in [3.05, 3.63) is 0 Å². The molecule has 2 rings (SSSR count). The van der Waals surface area contributed by atoms with Gasteiger partial charge in [-0.2, -0.15) is 0 Å². The maximum Gasteiger partial charge on any atom is 0.323 e. The number of likely N-dealkylation sites (tertiary alicyclic amines) is 1. The molecule has 24 heavy (non-hydrogen) atoms. The lowest BCUT2D eigenvalue weighted by atomic mass is 10.2. The number of ether oxygens (including phenoxy) is 2. The topological polar surface area (TPSA) is 67.9 Å². The van der Waals surface area contributed by atoms with Crippen molar-refractivity contribution in [2.24, 2.45) is 0 Å². The minimum Gasteiger partial charge on any atom is -0.468 e. The summed E-state index contributed by atoms with van der Waals surface area (Å²) in [6.07, 6.45) is 3.03. The Morgan fingerprint density at radius 3 is 2.38 bits per heavy atom. The van der Waals surface area contributed by atoms with Crippen LogP contribution in [-0.4, -0.2) is 68.0 Å². The quantitative estimate of drug-likeness (QED) is 0.536. The molecule has 0 aromatic rings. The Morgan fingerprint density at radius 2 is 1.92 bits per heavy atom. The van der Waals surface area contributed by atoms with Crippen LogP contribution in [0, 0.1) is 0 Å². The number of hydrogen-bond donors (Lipinski definition) is 1. The van der Waals surface area contributed by atoms with E-state index >= 15 is 0 Å². The fraction of sp³-hybridized carbons (Fsp3) is 0.875. The van der Waals surface area contributed by atoms with Crippen LogP contribution in [0.15, 0.2) is 0 Å². The number of esters is 2. The van der Waals surface area contributed by atoms with Gasteiger partial charge in [0.15, 0.2) is 0 Å². The van der Waals surface area contributed by atoms with Gasteiger partial charge in [0, 0.05) is 19.0 Å². The van der Waals surface area contributed by atoms with E-state index < -0.39 is 37.5 Å². The first-order valence-corrected chi connectivity index (χ1v) is 7.95. The van der Waals surface area contributed by atoms with Crippen LogP contribution in [0.25, 0.3) is 0 Å². The molecule has 1 N–H and O–H groups in total. The number of halogens is 2. The second-order valence-electron chi connectivity index (χ2n) is 4.75. The molecular weight excluding hydrogens is 400 g/mol. The SMILES string of the molecule is COC(=O)C1CCCN1.Cl.[2H]C([2H])([2H])C([2H])([2H])Br.[2H]C([2H])([2H])C([2H])([2H])N1CCCC1C(=O)OC. The van der Waals surface area contributed by atoms with Gasteiger partial charge in [0.1, 0.15) is 12.1 Å². The van der Waals surface area contributed by atoms with Gasteiger partial charge in [0.25, 0.3) is 0 Å². The summed E-state index contributed by atoms with van der Waals surface area (Å²) >= 11 is 2.37. The van der Waals surface area contributed by atoms with E-state index in [2.05, 4.69) is 30.7 Å². The number of carbonyl (C=O) groups excluding carboxylic acids is 2. The minimum atomic E-state index is -2.77. The number of methoxy groups -OCH3 is 2. The first kappa shape index (κ1) is 12.1. The lowest BCUT2D eigenvalue weighted by Crippen LogP contribution is -2.36. The number of alkyl halides is 1. The third-order valence-corrected chi connectivity index (χ3v) is 3.42. The fourth-order valence-corrected chi connectivity index (χ4v) is 2.31. The molecule has 2 unspecified atom stereocenters. The van der Waals surface area contributed by atoms with Gasteiger partial charge >= 0.3 is 11.9 Å². The van der Waals surface area contributed by atoms with Gasteiger partial charge in [-0.1, -0.05) is 29.6 Å². The summed E-state index contributed by atoms with van der Waals surface area (Å²) in [5.41, 5.74) is 0. The van der Waals surface area contributed by atoms with E-state index in [4.69, 9.17) is 13.7 Å². The predicted octanol–water partition coefficient (Wildman–Crippen LogP) is 2.38. The largest absolute Gasteiger partial charge is 0.468 e. The standard InChI is InChI=1S/C8H15NO2.C6H11NO2.C2H5Br.ClH/c1-3-9-6-4-5-7(9)8(10)11-2;1-9-6(8)5-3-2-4-7-5;1-2-3;/h7H,3-6H2,1-2H3;5,7H,2-4H2,1H3;2H2,1H3;1H/i1D3,3D2;;1D3,2D2;. The molecule has 8 heteroatoms. The molecule has 0 saturated carbocycles. The summed E-state index contributed by atoms with van der Waals surface area (Å²) in [4.78, 5) is 23.2. The molecule has 0 radical (unpaired) electrons. The number of likely N-dealkylation sites (N-methyl/N-ethyl adjacent to an activating group) is 1. The van der Waals surface area contributed by atoms with Crippen molar-refractivity contribution >= 4 is 40.3 Å². The number of nitrogens with one attached hydrogen (secondary N) is 1. The molecule has 0 aromatic carbocycles. The third-order valence-electron chi connectivity index (χ3n) is 3.42. The molecule has 2 atom stereocenters. The lowest BCUT2D eigenvalue weighted by Gasteiger charge is -2.19. The van der Waals surface area contributed by atoms with Crippen LogP contribution in [0.2, 0.25) is 0 Å². The van der Waals surface area contributed by atoms with Crippen molar-refractivity contribution in [3.63, 3.8) is 0 Å². The Morgan fingerprint density at radius 1 is 1.25 bits per heavy atom. The van der Waals surface area contributed by atoms with Crippen molar-refractivity contribution in [1.82, 2.24) is 10.2 Å². The predicted molar refractivity (Wildman–Crippen MR) is 102 cm³/mol. The average molecular weight is 442 g/mol. The fourth-order valence-electron chi connectivity index (χ4n) is 2.31.